The van der Waals surface area contributed by atoms with E-state index in [4.69, 9.17) is 32.7 Å². The lowest BCUT2D eigenvalue weighted by Crippen LogP contribution is -2.36. The van der Waals surface area contributed by atoms with E-state index in [0.717, 1.165) is 42.3 Å². The highest BCUT2D eigenvalue weighted by molar-refractivity contribution is 6.52. The maximum atomic E-state index is 13.7. The third-order valence-electron chi connectivity index (χ3n) is 6.67. The molecule has 1 aliphatic heterocycles. The second-order valence-electron chi connectivity index (χ2n) is 9.70. The van der Waals surface area contributed by atoms with Gasteiger partial charge in [-0.2, -0.15) is 13.5 Å². The van der Waals surface area contributed by atoms with Crippen LogP contribution in [0.25, 0.3) is 0 Å². The second-order valence-corrected chi connectivity index (χ2v) is 10.5. The van der Waals surface area contributed by atoms with Gasteiger partial charge in [-0.3, -0.25) is 19.3 Å². The minimum absolute atomic E-state index is 0.0142. The number of carbonyl (C=O) groups is 3. The van der Waals surface area contributed by atoms with Crippen LogP contribution in [0.1, 0.15) is 40.4 Å². The molecule has 0 spiro atoms. The summed E-state index contributed by atoms with van der Waals surface area (Å²) in [6.45, 7) is -3.56. The summed E-state index contributed by atoms with van der Waals surface area (Å²) < 4.78 is 56.2. The summed E-state index contributed by atoms with van der Waals surface area (Å²) in [5.41, 5.74) is 0.362. The van der Waals surface area contributed by atoms with Gasteiger partial charge in [-0.25, -0.2) is 4.39 Å². The molecule has 1 saturated carbocycles. The van der Waals surface area contributed by atoms with Gasteiger partial charge in [0.25, 0.3) is 11.7 Å². The zero-order valence-electron chi connectivity index (χ0n) is 21.5. The van der Waals surface area contributed by atoms with E-state index in [1.54, 1.807) is 0 Å². The van der Waals surface area contributed by atoms with Crippen LogP contribution >= 0.6 is 23.2 Å². The Morgan fingerprint density at radius 3 is 2.45 bits per heavy atom. The minimum Gasteiger partial charge on any atom is -0.619 e. The fourth-order valence-corrected chi connectivity index (χ4v) is 5.02. The number of hydrogen-bond acceptors (Lipinski definition) is 7. The van der Waals surface area contributed by atoms with E-state index in [9.17, 15) is 32.8 Å². The largest absolute Gasteiger partial charge is 0.619 e. The number of anilines is 1. The average molecular weight is 625 g/mol. The zero-order valence-corrected chi connectivity index (χ0v) is 23.0. The lowest BCUT2D eigenvalue weighted by Gasteiger charge is -2.23. The van der Waals surface area contributed by atoms with E-state index in [1.165, 1.54) is 24.3 Å². The summed E-state index contributed by atoms with van der Waals surface area (Å²) in [5, 5.41) is 11.7. The van der Waals surface area contributed by atoms with E-state index in [-0.39, 0.29) is 62.9 Å². The first-order chi connectivity index (χ1) is 20.0. The third-order valence-corrected chi connectivity index (χ3v) is 7.32. The molecular weight excluding hydrogens is 604 g/mol. The second kappa shape index (κ2) is 12.1. The molecular formula is C28H21Cl2F3N2O7. The van der Waals surface area contributed by atoms with Gasteiger partial charge >= 0.3 is 12.6 Å². The highest BCUT2D eigenvalue weighted by atomic mass is 35.5. The Bertz CT molecular complexity index is 1550. The van der Waals surface area contributed by atoms with Gasteiger partial charge in [0.2, 0.25) is 0 Å². The summed E-state index contributed by atoms with van der Waals surface area (Å²) in [6.07, 6.45) is 2.62. The van der Waals surface area contributed by atoms with Crippen molar-refractivity contribution in [3.8, 4) is 11.5 Å². The van der Waals surface area contributed by atoms with Gasteiger partial charge in [0.1, 0.15) is 28.5 Å². The quantitative estimate of drug-likeness (QED) is 0.125. The maximum Gasteiger partial charge on any atom is 0.387 e. The van der Waals surface area contributed by atoms with E-state index in [2.05, 4.69) is 4.74 Å². The van der Waals surface area contributed by atoms with Crippen LogP contribution in [0.4, 0.5) is 18.9 Å². The number of esters is 1. The van der Waals surface area contributed by atoms with Crippen LogP contribution < -0.4 is 19.1 Å². The van der Waals surface area contributed by atoms with Crippen LogP contribution in [0, 0.1) is 16.9 Å². The van der Waals surface area contributed by atoms with Crippen molar-refractivity contribution in [3.63, 3.8) is 0 Å². The van der Waals surface area contributed by atoms with Crippen LogP contribution in [0.5, 0.6) is 11.5 Å². The van der Waals surface area contributed by atoms with E-state index in [1.807, 2.05) is 0 Å². The van der Waals surface area contributed by atoms with Gasteiger partial charge in [0.05, 0.1) is 17.9 Å². The molecule has 1 amide bonds. The minimum atomic E-state index is -3.12. The van der Waals surface area contributed by atoms with E-state index < -0.39 is 42.7 Å². The van der Waals surface area contributed by atoms with Gasteiger partial charge < -0.3 is 19.4 Å². The molecule has 1 fully saturated rings. The van der Waals surface area contributed by atoms with E-state index >= 15 is 0 Å². The van der Waals surface area contributed by atoms with Crippen LogP contribution in [0.3, 0.4) is 0 Å². The number of amides is 1. The first kappa shape index (κ1) is 29.5. The fraction of sp³-hybridized carbons (Fsp3) is 0.286. The Morgan fingerprint density at radius 2 is 1.79 bits per heavy atom. The highest BCUT2D eigenvalue weighted by Gasteiger charge is 2.38. The highest BCUT2D eigenvalue weighted by Crippen LogP contribution is 2.38. The summed E-state index contributed by atoms with van der Waals surface area (Å²) in [7, 11) is 0. The topological polar surface area (TPSA) is 109 Å². The number of alkyl halides is 2. The molecule has 0 bridgehead atoms. The van der Waals surface area contributed by atoms with Gasteiger partial charge in [-0.05, 0) is 54.7 Å². The standard InChI is InChI=1S/C28H21Cl2F3N2O7/c29-19-10-34(39)11-20(30)17(19)9-23(15-3-6-22(42-28(32)33)24(7-15)40-13-14-1-2-14)41-25(36)12-35-21-5-4-16(31)8-18(21)26(37)27(35)38/h3-8,10-11,14,23,28H,1-2,9,12-13H2. The molecule has 2 heterocycles. The normalized spacial score (nSPS) is 15.1. The van der Waals surface area contributed by atoms with Crippen molar-refractivity contribution in [2.24, 2.45) is 5.92 Å². The van der Waals surface area contributed by atoms with Crippen molar-refractivity contribution in [2.75, 3.05) is 18.1 Å². The molecule has 220 valence electrons. The number of hydrogen-bond donors (Lipinski definition) is 0. The number of pyridine rings is 1. The predicted octanol–water partition coefficient (Wildman–Crippen LogP) is 5.21. The molecule has 42 heavy (non-hydrogen) atoms. The number of halogens is 5. The lowest BCUT2D eigenvalue weighted by atomic mass is 10.0. The lowest BCUT2D eigenvalue weighted by molar-refractivity contribution is -0.605. The number of aromatic nitrogens is 1. The summed E-state index contributed by atoms with van der Waals surface area (Å²) >= 11 is 12.5. The third kappa shape index (κ3) is 6.55. The molecule has 2 aliphatic rings. The van der Waals surface area contributed by atoms with Gasteiger partial charge in [-0.1, -0.05) is 29.3 Å². The SMILES string of the molecule is O=C(CN1C(=O)C(=O)c2cc(F)ccc21)OC(Cc1c(Cl)c[n+]([O-])cc1Cl)c1ccc(OC(F)F)c(OCC2CC2)c1. The van der Waals surface area contributed by atoms with Crippen molar-refractivity contribution in [2.45, 2.75) is 32.0 Å². The summed E-state index contributed by atoms with van der Waals surface area (Å²) in [5.74, 6) is -3.67. The molecule has 2 aromatic carbocycles. The number of nitrogens with zero attached hydrogens (tertiary/aromatic N) is 2. The molecule has 0 radical (unpaired) electrons. The Morgan fingerprint density at radius 1 is 1.07 bits per heavy atom. The number of Topliss-reactive ketones (excluding diaryl/α,β-unsaturated/α-hetero) is 1. The van der Waals surface area contributed by atoms with Gasteiger partial charge in [0.15, 0.2) is 23.9 Å². The van der Waals surface area contributed by atoms with Crippen LogP contribution in [0.15, 0.2) is 48.8 Å². The average Bonchev–Trinajstić information content (AvgIpc) is 3.73. The molecule has 3 aromatic rings. The van der Waals surface area contributed by atoms with Crippen molar-refractivity contribution >= 4 is 46.5 Å². The van der Waals surface area contributed by atoms with Gasteiger partial charge in [-0.15, -0.1) is 0 Å². The molecule has 9 nitrogen and oxygen atoms in total. The van der Waals surface area contributed by atoms with Crippen molar-refractivity contribution in [1.82, 2.24) is 0 Å². The van der Waals surface area contributed by atoms with Crippen LogP contribution in [0.2, 0.25) is 10.0 Å². The monoisotopic (exact) mass is 624 g/mol. The molecule has 5 rings (SSSR count). The molecule has 0 saturated heterocycles. The molecule has 14 heteroatoms. The Balaban J connectivity index is 1.45. The number of carbonyl (C=O) groups excluding carboxylic acids is 3. The number of benzene rings is 2. The van der Waals surface area contributed by atoms with E-state index in [0.29, 0.717) is 4.73 Å². The first-order valence-corrected chi connectivity index (χ1v) is 13.4. The number of fused-ring (bicyclic) bond motifs is 1. The summed E-state index contributed by atoms with van der Waals surface area (Å²) in [4.78, 5) is 38.9. The molecule has 1 aliphatic carbocycles. The smallest absolute Gasteiger partial charge is 0.387 e. The number of ether oxygens (including phenoxy) is 3. The Hall–Kier alpha value is -4.03. The Labute approximate surface area is 246 Å². The van der Waals surface area contributed by atoms with Crippen LogP contribution in [-0.2, 0) is 20.7 Å². The fourth-order valence-electron chi connectivity index (χ4n) is 4.42. The number of rotatable bonds is 11. The maximum absolute atomic E-state index is 13.7. The predicted molar refractivity (Wildman–Crippen MR) is 142 cm³/mol. The molecule has 0 N–H and O–H groups in total. The van der Waals surface area contributed by atoms with Crippen molar-refractivity contribution in [3.05, 3.63) is 86.6 Å². The van der Waals surface area contributed by atoms with Crippen LogP contribution in [-0.4, -0.2) is 37.4 Å². The zero-order chi connectivity index (χ0) is 30.1. The number of ketones is 1. The Kier molecular flexibility index (Phi) is 8.46. The van der Waals surface area contributed by atoms with Gasteiger partial charge in [0, 0.05) is 12.0 Å². The summed E-state index contributed by atoms with van der Waals surface area (Å²) in [6, 6.07) is 7.13. The van der Waals surface area contributed by atoms with Crippen molar-refractivity contribution < 1.29 is 46.5 Å². The van der Waals surface area contributed by atoms with Crippen molar-refractivity contribution in [1.29, 1.82) is 0 Å². The molecule has 1 atom stereocenters. The molecule has 1 unspecified atom stereocenters. The first-order valence-electron chi connectivity index (χ1n) is 12.6. The molecule has 1 aromatic heterocycles.